The molecule has 132 valence electrons. The highest BCUT2D eigenvalue weighted by Crippen LogP contribution is 2.27. The second-order valence-corrected chi connectivity index (χ2v) is 7.55. The Hall–Kier alpha value is -2.07. The lowest BCUT2D eigenvalue weighted by Gasteiger charge is -2.26. The Bertz CT molecular complexity index is 870. The van der Waals surface area contributed by atoms with E-state index >= 15 is 0 Å². The lowest BCUT2D eigenvalue weighted by atomic mass is 10.3. The molecule has 1 saturated heterocycles. The van der Waals surface area contributed by atoms with Crippen LogP contribution in [0.5, 0.6) is 0 Å². The Labute approximate surface area is 149 Å². The SMILES string of the molecule is O=C(Nc1cc(S(=O)(=O)N2CCOCC2)ccc1Cl)c1cnccn1. The van der Waals surface area contributed by atoms with Gasteiger partial charge in [0.2, 0.25) is 10.0 Å². The quantitative estimate of drug-likeness (QED) is 0.857. The minimum Gasteiger partial charge on any atom is -0.379 e. The van der Waals surface area contributed by atoms with Gasteiger partial charge in [0.15, 0.2) is 0 Å². The average molecular weight is 383 g/mol. The van der Waals surface area contributed by atoms with Crippen molar-refractivity contribution in [1.29, 1.82) is 0 Å². The first-order valence-corrected chi connectivity index (χ1v) is 9.25. The van der Waals surface area contributed by atoms with Crippen LogP contribution in [0.25, 0.3) is 0 Å². The van der Waals surface area contributed by atoms with E-state index in [-0.39, 0.29) is 34.4 Å². The van der Waals surface area contributed by atoms with Crippen molar-refractivity contribution in [2.24, 2.45) is 0 Å². The first-order valence-electron chi connectivity index (χ1n) is 7.43. The molecule has 1 aromatic carbocycles. The summed E-state index contributed by atoms with van der Waals surface area (Å²) in [5.41, 5.74) is 0.284. The molecule has 0 atom stereocenters. The van der Waals surface area contributed by atoms with Crippen molar-refractivity contribution in [3.63, 3.8) is 0 Å². The molecule has 1 N–H and O–H groups in total. The van der Waals surface area contributed by atoms with Crippen LogP contribution in [0.4, 0.5) is 5.69 Å². The van der Waals surface area contributed by atoms with Crippen LogP contribution in [0.15, 0.2) is 41.7 Å². The van der Waals surface area contributed by atoms with E-state index in [4.69, 9.17) is 16.3 Å². The maximum absolute atomic E-state index is 12.7. The number of ether oxygens (including phenoxy) is 1. The second kappa shape index (κ2) is 7.44. The van der Waals surface area contributed by atoms with E-state index in [0.29, 0.717) is 13.2 Å². The van der Waals surface area contributed by atoms with Gasteiger partial charge in [0.1, 0.15) is 5.69 Å². The van der Waals surface area contributed by atoms with Gasteiger partial charge in [0, 0.05) is 25.5 Å². The van der Waals surface area contributed by atoms with E-state index < -0.39 is 15.9 Å². The highest BCUT2D eigenvalue weighted by molar-refractivity contribution is 7.89. The first kappa shape index (κ1) is 17.7. The van der Waals surface area contributed by atoms with Gasteiger partial charge >= 0.3 is 0 Å². The molecule has 1 amide bonds. The largest absolute Gasteiger partial charge is 0.379 e. The zero-order chi connectivity index (χ0) is 17.9. The zero-order valence-electron chi connectivity index (χ0n) is 13.1. The van der Waals surface area contributed by atoms with Crippen molar-refractivity contribution in [2.75, 3.05) is 31.6 Å². The Morgan fingerprint density at radius 3 is 2.68 bits per heavy atom. The standard InChI is InChI=1S/C15H15ClN4O4S/c16-12-2-1-11(25(22,23)20-5-7-24-8-6-20)9-13(12)19-15(21)14-10-17-3-4-18-14/h1-4,9-10H,5-8H2,(H,19,21). The monoisotopic (exact) mass is 382 g/mol. The molecule has 25 heavy (non-hydrogen) atoms. The fourth-order valence-corrected chi connectivity index (χ4v) is 3.90. The van der Waals surface area contributed by atoms with Crippen LogP contribution in [0.3, 0.4) is 0 Å². The van der Waals surface area contributed by atoms with Gasteiger partial charge in [-0.3, -0.25) is 9.78 Å². The molecule has 1 aliphatic heterocycles. The maximum atomic E-state index is 12.7. The van der Waals surface area contributed by atoms with Gasteiger partial charge in [0.05, 0.1) is 35.0 Å². The predicted molar refractivity (Wildman–Crippen MR) is 91.0 cm³/mol. The molecule has 1 aromatic heterocycles. The fourth-order valence-electron chi connectivity index (χ4n) is 2.30. The Balaban J connectivity index is 1.86. The first-order chi connectivity index (χ1) is 12.0. The summed E-state index contributed by atoms with van der Waals surface area (Å²) in [6.45, 7) is 1.27. The smallest absolute Gasteiger partial charge is 0.275 e. The van der Waals surface area contributed by atoms with Crippen molar-refractivity contribution in [3.8, 4) is 0 Å². The van der Waals surface area contributed by atoms with Gasteiger partial charge in [-0.2, -0.15) is 4.31 Å². The normalized spacial score (nSPS) is 15.7. The van der Waals surface area contributed by atoms with Crippen molar-refractivity contribution in [1.82, 2.24) is 14.3 Å². The van der Waals surface area contributed by atoms with Crippen molar-refractivity contribution >= 4 is 33.2 Å². The lowest BCUT2D eigenvalue weighted by Crippen LogP contribution is -2.40. The fraction of sp³-hybridized carbons (Fsp3) is 0.267. The Kier molecular flexibility index (Phi) is 5.28. The minimum absolute atomic E-state index is 0.0493. The number of morpholine rings is 1. The minimum atomic E-state index is -3.69. The molecule has 0 unspecified atom stereocenters. The highest BCUT2D eigenvalue weighted by Gasteiger charge is 2.27. The Morgan fingerprint density at radius 2 is 2.00 bits per heavy atom. The molecular weight excluding hydrogens is 368 g/mol. The number of sulfonamides is 1. The van der Waals surface area contributed by atoms with E-state index in [1.807, 2.05) is 0 Å². The Morgan fingerprint density at radius 1 is 1.24 bits per heavy atom. The third-order valence-corrected chi connectivity index (χ3v) is 5.81. The molecule has 0 spiro atoms. The van der Waals surface area contributed by atoms with Crippen LogP contribution in [-0.2, 0) is 14.8 Å². The maximum Gasteiger partial charge on any atom is 0.275 e. The number of amides is 1. The van der Waals surface area contributed by atoms with Crippen molar-refractivity contribution in [2.45, 2.75) is 4.90 Å². The number of hydrogen-bond acceptors (Lipinski definition) is 6. The molecule has 2 aromatic rings. The van der Waals surface area contributed by atoms with Gasteiger partial charge < -0.3 is 10.1 Å². The molecule has 0 aliphatic carbocycles. The van der Waals surface area contributed by atoms with E-state index in [2.05, 4.69) is 15.3 Å². The molecule has 0 bridgehead atoms. The summed E-state index contributed by atoms with van der Waals surface area (Å²) in [7, 11) is -3.69. The molecule has 8 nitrogen and oxygen atoms in total. The van der Waals surface area contributed by atoms with E-state index in [9.17, 15) is 13.2 Å². The molecule has 2 heterocycles. The number of hydrogen-bond donors (Lipinski definition) is 1. The number of carbonyl (C=O) groups excluding carboxylic acids is 1. The van der Waals surface area contributed by atoms with Crippen LogP contribution in [0.2, 0.25) is 5.02 Å². The van der Waals surface area contributed by atoms with Crippen molar-refractivity contribution < 1.29 is 17.9 Å². The topological polar surface area (TPSA) is 101 Å². The number of nitrogens with zero attached hydrogens (tertiary/aromatic N) is 3. The molecule has 0 saturated carbocycles. The third-order valence-electron chi connectivity index (χ3n) is 3.59. The van der Waals surface area contributed by atoms with Gasteiger partial charge in [-0.15, -0.1) is 0 Å². The van der Waals surface area contributed by atoms with Crippen LogP contribution in [0, 0.1) is 0 Å². The van der Waals surface area contributed by atoms with Crippen molar-refractivity contribution in [3.05, 3.63) is 47.5 Å². The van der Waals surface area contributed by atoms with E-state index in [1.165, 1.54) is 41.1 Å². The summed E-state index contributed by atoms with van der Waals surface area (Å²) in [5.74, 6) is -0.532. The molecule has 10 heteroatoms. The summed E-state index contributed by atoms with van der Waals surface area (Å²) in [5, 5.41) is 2.78. The number of aromatic nitrogens is 2. The summed E-state index contributed by atoms with van der Waals surface area (Å²) in [6, 6.07) is 4.17. The number of nitrogens with one attached hydrogen (secondary N) is 1. The van der Waals surface area contributed by atoms with Gasteiger partial charge in [0.25, 0.3) is 5.91 Å². The number of rotatable bonds is 4. The number of benzene rings is 1. The molecule has 0 radical (unpaired) electrons. The van der Waals surface area contributed by atoms with Crippen LogP contribution < -0.4 is 5.32 Å². The molecule has 3 rings (SSSR count). The number of halogens is 1. The predicted octanol–water partition coefficient (Wildman–Crippen LogP) is 1.40. The third kappa shape index (κ3) is 3.96. The summed E-state index contributed by atoms with van der Waals surface area (Å²) in [6.07, 6.45) is 4.13. The molecule has 1 fully saturated rings. The van der Waals surface area contributed by atoms with Crippen LogP contribution >= 0.6 is 11.6 Å². The van der Waals surface area contributed by atoms with E-state index in [0.717, 1.165) is 0 Å². The van der Waals surface area contributed by atoms with Crippen LogP contribution in [0.1, 0.15) is 10.5 Å². The molecule has 1 aliphatic rings. The number of anilines is 1. The number of carbonyl (C=O) groups is 1. The zero-order valence-corrected chi connectivity index (χ0v) is 14.6. The summed E-state index contributed by atoms with van der Waals surface area (Å²) in [4.78, 5) is 19.9. The van der Waals surface area contributed by atoms with Crippen LogP contribution in [-0.4, -0.2) is 54.9 Å². The van der Waals surface area contributed by atoms with Gasteiger partial charge in [-0.25, -0.2) is 13.4 Å². The average Bonchev–Trinajstić information content (AvgIpc) is 2.64. The second-order valence-electron chi connectivity index (χ2n) is 5.20. The lowest BCUT2D eigenvalue weighted by molar-refractivity contribution is 0.0730. The molecular formula is C15H15ClN4O4S. The van der Waals surface area contributed by atoms with Gasteiger partial charge in [-0.1, -0.05) is 11.6 Å². The van der Waals surface area contributed by atoms with Gasteiger partial charge in [-0.05, 0) is 18.2 Å². The highest BCUT2D eigenvalue weighted by atomic mass is 35.5. The van der Waals surface area contributed by atoms with E-state index in [1.54, 1.807) is 0 Å². The summed E-state index contributed by atoms with van der Waals surface area (Å²) < 4.78 is 31.9. The summed E-state index contributed by atoms with van der Waals surface area (Å²) >= 11 is 6.08.